The van der Waals surface area contributed by atoms with Crippen molar-refractivity contribution in [3.8, 4) is 0 Å². The maximum absolute atomic E-state index is 12.1. The third-order valence-electron chi connectivity index (χ3n) is 2.35. The molecule has 8 nitrogen and oxygen atoms in total. The number of carbonyl (C=O) groups excluding carboxylic acids is 1. The second-order valence-electron chi connectivity index (χ2n) is 3.65. The Morgan fingerprint density at radius 1 is 1.55 bits per heavy atom. The predicted octanol–water partition coefficient (Wildman–Crippen LogP) is 0.105. The lowest BCUT2D eigenvalue weighted by Crippen LogP contribution is -2.28. The number of nitrogens with zero attached hydrogens (tertiary/aromatic N) is 3. The Kier molecular flexibility index (Phi) is 4.47. The van der Waals surface area contributed by atoms with Crippen LogP contribution in [-0.4, -0.2) is 42.8 Å². The zero-order valence-electron chi connectivity index (χ0n) is 10.5. The molecule has 0 aliphatic carbocycles. The van der Waals surface area contributed by atoms with Crippen LogP contribution in [0, 0.1) is 0 Å². The van der Waals surface area contributed by atoms with E-state index in [4.69, 9.17) is 0 Å². The van der Waals surface area contributed by atoms with Crippen LogP contribution in [0.2, 0.25) is 0 Å². The van der Waals surface area contributed by atoms with Gasteiger partial charge in [-0.05, 0) is 6.07 Å². The molecule has 1 N–H and O–H groups in total. The maximum Gasteiger partial charge on any atom is 0.358 e. The van der Waals surface area contributed by atoms with Crippen molar-refractivity contribution < 1.29 is 17.9 Å². The molecule has 0 aliphatic rings. The van der Waals surface area contributed by atoms with Gasteiger partial charge < -0.3 is 4.74 Å². The molecule has 0 saturated heterocycles. The Balaban J connectivity index is 2.07. The summed E-state index contributed by atoms with van der Waals surface area (Å²) in [6.45, 7) is 0.543. The van der Waals surface area contributed by atoms with Gasteiger partial charge >= 0.3 is 5.97 Å². The van der Waals surface area contributed by atoms with Gasteiger partial charge in [-0.2, -0.15) is 5.10 Å². The molecular weight excluding hydrogens is 304 g/mol. The molecule has 0 unspecified atom stereocenters. The molecule has 0 fully saturated rings. The van der Waals surface area contributed by atoms with Crippen LogP contribution in [-0.2, 0) is 21.3 Å². The van der Waals surface area contributed by atoms with E-state index in [1.54, 1.807) is 23.1 Å². The van der Waals surface area contributed by atoms with Crippen LogP contribution in [0.1, 0.15) is 10.5 Å². The SMILES string of the molecule is COC(=O)c1ncsc1S(=O)(=O)NCCn1cccn1. The largest absolute Gasteiger partial charge is 0.464 e. The van der Waals surface area contributed by atoms with Gasteiger partial charge in [0.1, 0.15) is 0 Å². The maximum atomic E-state index is 12.1. The number of esters is 1. The minimum absolute atomic E-state index is 0.148. The van der Waals surface area contributed by atoms with Crippen molar-refractivity contribution in [3.05, 3.63) is 29.7 Å². The molecule has 2 aromatic heterocycles. The van der Waals surface area contributed by atoms with E-state index in [9.17, 15) is 13.2 Å². The Morgan fingerprint density at radius 3 is 3.00 bits per heavy atom. The van der Waals surface area contributed by atoms with E-state index in [1.807, 2.05) is 0 Å². The van der Waals surface area contributed by atoms with Crippen molar-refractivity contribution in [2.24, 2.45) is 0 Å². The molecule has 0 aromatic carbocycles. The Morgan fingerprint density at radius 2 is 2.35 bits per heavy atom. The summed E-state index contributed by atoms with van der Waals surface area (Å²) in [4.78, 5) is 15.1. The summed E-state index contributed by atoms with van der Waals surface area (Å²) in [7, 11) is -2.62. The number of carbonyl (C=O) groups is 1. The molecule has 108 valence electrons. The fourth-order valence-corrected chi connectivity index (χ4v) is 3.65. The van der Waals surface area contributed by atoms with E-state index in [0.717, 1.165) is 11.3 Å². The molecular formula is C10H12N4O4S2. The molecule has 0 radical (unpaired) electrons. The van der Waals surface area contributed by atoms with Gasteiger partial charge in [0, 0.05) is 18.9 Å². The lowest BCUT2D eigenvalue weighted by molar-refractivity contribution is 0.0590. The van der Waals surface area contributed by atoms with Crippen LogP contribution in [0.5, 0.6) is 0 Å². The highest BCUT2D eigenvalue weighted by Gasteiger charge is 2.26. The molecule has 2 aromatic rings. The number of hydrogen-bond acceptors (Lipinski definition) is 7. The monoisotopic (exact) mass is 316 g/mol. The molecule has 2 rings (SSSR count). The number of thiazole rings is 1. The summed E-state index contributed by atoms with van der Waals surface area (Å²) in [6, 6.07) is 1.74. The first-order valence-corrected chi connectivity index (χ1v) is 7.90. The second-order valence-corrected chi connectivity index (χ2v) is 6.46. The van der Waals surface area contributed by atoms with Gasteiger partial charge in [0.2, 0.25) is 0 Å². The van der Waals surface area contributed by atoms with Crippen LogP contribution in [0.15, 0.2) is 28.2 Å². The molecule has 0 aliphatic heterocycles. The van der Waals surface area contributed by atoms with Gasteiger partial charge in [0.05, 0.1) is 19.2 Å². The highest BCUT2D eigenvalue weighted by molar-refractivity contribution is 7.91. The first kappa shape index (κ1) is 14.6. The predicted molar refractivity (Wildman–Crippen MR) is 70.9 cm³/mol. The fourth-order valence-electron chi connectivity index (χ4n) is 1.45. The number of sulfonamides is 1. The van der Waals surface area contributed by atoms with E-state index in [1.165, 1.54) is 12.6 Å². The highest BCUT2D eigenvalue weighted by atomic mass is 32.2. The van der Waals surface area contributed by atoms with E-state index >= 15 is 0 Å². The average Bonchev–Trinajstić information content (AvgIpc) is 3.08. The summed E-state index contributed by atoms with van der Waals surface area (Å²) in [6.07, 6.45) is 3.33. The Hall–Kier alpha value is -1.78. The summed E-state index contributed by atoms with van der Waals surface area (Å²) >= 11 is 0.863. The third kappa shape index (κ3) is 3.21. The van der Waals surface area contributed by atoms with Gasteiger partial charge in [0.25, 0.3) is 10.0 Å². The Bertz CT molecular complexity index is 678. The molecule has 20 heavy (non-hydrogen) atoms. The number of methoxy groups -OCH3 is 1. The number of aromatic nitrogens is 3. The molecule has 0 spiro atoms. The molecule has 0 amide bonds. The quantitative estimate of drug-likeness (QED) is 0.758. The summed E-state index contributed by atoms with van der Waals surface area (Å²) in [5.74, 6) is -0.779. The molecule has 0 bridgehead atoms. The van der Waals surface area contributed by atoms with Gasteiger partial charge in [-0.1, -0.05) is 0 Å². The van der Waals surface area contributed by atoms with E-state index in [-0.39, 0.29) is 16.4 Å². The molecule has 2 heterocycles. The fraction of sp³-hybridized carbons (Fsp3) is 0.300. The minimum Gasteiger partial charge on any atom is -0.464 e. The zero-order chi connectivity index (χ0) is 14.6. The Labute approximate surface area is 119 Å². The van der Waals surface area contributed by atoms with Crippen molar-refractivity contribution in [3.63, 3.8) is 0 Å². The summed E-state index contributed by atoms with van der Waals surface area (Å²) in [5.41, 5.74) is 1.08. The molecule has 0 saturated carbocycles. The van der Waals surface area contributed by atoms with E-state index < -0.39 is 16.0 Å². The topological polar surface area (TPSA) is 103 Å². The highest BCUT2D eigenvalue weighted by Crippen LogP contribution is 2.20. The van der Waals surface area contributed by atoms with Crippen molar-refractivity contribution >= 4 is 27.3 Å². The van der Waals surface area contributed by atoms with Crippen molar-refractivity contribution in [1.82, 2.24) is 19.5 Å². The van der Waals surface area contributed by atoms with Gasteiger partial charge in [-0.3, -0.25) is 4.68 Å². The number of rotatable bonds is 6. The van der Waals surface area contributed by atoms with Crippen LogP contribution in [0.4, 0.5) is 0 Å². The lowest BCUT2D eigenvalue weighted by atomic mass is 10.5. The third-order valence-corrected chi connectivity index (χ3v) is 5.18. The molecule has 0 atom stereocenters. The van der Waals surface area contributed by atoms with Crippen molar-refractivity contribution in [2.75, 3.05) is 13.7 Å². The van der Waals surface area contributed by atoms with Crippen molar-refractivity contribution in [1.29, 1.82) is 0 Å². The van der Waals surface area contributed by atoms with Gasteiger partial charge in [0.15, 0.2) is 9.90 Å². The van der Waals surface area contributed by atoms with Crippen LogP contribution in [0.3, 0.4) is 0 Å². The summed E-state index contributed by atoms with van der Waals surface area (Å²) < 4.78 is 32.5. The minimum atomic E-state index is -3.79. The van der Waals surface area contributed by atoms with Gasteiger partial charge in [-0.25, -0.2) is 22.9 Å². The second kappa shape index (κ2) is 6.11. The normalized spacial score (nSPS) is 11.4. The number of nitrogens with one attached hydrogen (secondary N) is 1. The smallest absolute Gasteiger partial charge is 0.358 e. The van der Waals surface area contributed by atoms with Crippen LogP contribution < -0.4 is 4.72 Å². The average molecular weight is 316 g/mol. The summed E-state index contributed by atoms with van der Waals surface area (Å²) in [5, 5.41) is 3.96. The standard InChI is InChI=1S/C10H12N4O4S2/c1-18-9(15)8-10(19-7-11-8)20(16,17)13-4-6-14-5-2-3-12-14/h2-3,5,7,13H,4,6H2,1H3. The van der Waals surface area contributed by atoms with Crippen LogP contribution in [0.25, 0.3) is 0 Å². The zero-order valence-corrected chi connectivity index (χ0v) is 12.1. The number of ether oxygens (including phenoxy) is 1. The lowest BCUT2D eigenvalue weighted by Gasteiger charge is -2.06. The van der Waals surface area contributed by atoms with E-state index in [2.05, 4.69) is 19.5 Å². The van der Waals surface area contributed by atoms with Crippen molar-refractivity contribution in [2.45, 2.75) is 10.8 Å². The van der Waals surface area contributed by atoms with E-state index in [0.29, 0.717) is 6.54 Å². The van der Waals surface area contributed by atoms with Crippen LogP contribution >= 0.6 is 11.3 Å². The first-order chi connectivity index (χ1) is 9.54. The first-order valence-electron chi connectivity index (χ1n) is 5.53. The van der Waals surface area contributed by atoms with Gasteiger partial charge in [-0.15, -0.1) is 11.3 Å². The number of hydrogen-bond donors (Lipinski definition) is 1. The molecule has 10 heteroatoms.